The van der Waals surface area contributed by atoms with Gasteiger partial charge < -0.3 is 9.47 Å². The quantitative estimate of drug-likeness (QED) is 0.474. The fourth-order valence-electron chi connectivity index (χ4n) is 2.36. The van der Waals surface area contributed by atoms with Gasteiger partial charge in [-0.3, -0.25) is 14.4 Å². The van der Waals surface area contributed by atoms with Crippen molar-refractivity contribution < 1.29 is 28.7 Å². The number of esters is 2. The molecular formula is C16H14O6. The third-order valence-corrected chi connectivity index (χ3v) is 3.35. The van der Waals surface area contributed by atoms with Gasteiger partial charge in [-0.25, -0.2) is 4.79 Å². The molecule has 22 heavy (non-hydrogen) atoms. The van der Waals surface area contributed by atoms with Crippen LogP contribution in [0.15, 0.2) is 29.8 Å². The molecule has 6 heteroatoms. The normalized spacial score (nSPS) is 18.0. The van der Waals surface area contributed by atoms with Crippen molar-refractivity contribution in [3.05, 3.63) is 35.4 Å². The maximum Gasteiger partial charge on any atom is 0.349 e. The van der Waals surface area contributed by atoms with Gasteiger partial charge in [-0.1, -0.05) is 12.1 Å². The van der Waals surface area contributed by atoms with E-state index in [0.717, 1.165) is 0 Å². The van der Waals surface area contributed by atoms with E-state index in [4.69, 9.17) is 4.74 Å². The molecule has 0 aromatic heterocycles. The van der Waals surface area contributed by atoms with E-state index in [9.17, 15) is 19.2 Å². The number of Topliss-reactive ketones (excluding diaryl/α,β-unsaturated/α-hetero) is 2. The molecule has 1 aliphatic rings. The second kappa shape index (κ2) is 5.93. The van der Waals surface area contributed by atoms with Crippen LogP contribution in [0.5, 0.6) is 5.75 Å². The highest BCUT2D eigenvalue weighted by molar-refractivity contribution is 6.30. The largest absolute Gasteiger partial charge is 0.497 e. The minimum absolute atomic E-state index is 0.0869. The molecule has 0 radical (unpaired) electrons. The van der Waals surface area contributed by atoms with Crippen LogP contribution in [0.25, 0.3) is 5.57 Å². The van der Waals surface area contributed by atoms with Crippen LogP contribution in [-0.4, -0.2) is 30.6 Å². The van der Waals surface area contributed by atoms with E-state index in [1.807, 2.05) is 0 Å². The van der Waals surface area contributed by atoms with Crippen LogP contribution in [0.1, 0.15) is 19.4 Å². The van der Waals surface area contributed by atoms with Gasteiger partial charge in [0.2, 0.25) is 0 Å². The van der Waals surface area contributed by atoms with Gasteiger partial charge in [0.1, 0.15) is 23.0 Å². The summed E-state index contributed by atoms with van der Waals surface area (Å²) in [6.07, 6.45) is 0. The lowest BCUT2D eigenvalue weighted by Gasteiger charge is -2.24. The lowest BCUT2D eigenvalue weighted by atomic mass is 9.83. The second-order valence-corrected chi connectivity index (χ2v) is 4.83. The molecule has 1 aromatic carbocycles. The molecule has 0 spiro atoms. The summed E-state index contributed by atoms with van der Waals surface area (Å²) >= 11 is 0. The van der Waals surface area contributed by atoms with Crippen LogP contribution in [0.2, 0.25) is 0 Å². The first-order valence-electron chi connectivity index (χ1n) is 6.52. The van der Waals surface area contributed by atoms with Gasteiger partial charge in [0, 0.05) is 0 Å². The number of methoxy groups -OCH3 is 1. The van der Waals surface area contributed by atoms with Crippen LogP contribution in [-0.2, 0) is 23.9 Å². The van der Waals surface area contributed by atoms with Crippen molar-refractivity contribution in [2.45, 2.75) is 13.8 Å². The predicted octanol–water partition coefficient (Wildman–Crippen LogP) is 1.33. The Morgan fingerprint density at radius 1 is 1.09 bits per heavy atom. The molecule has 0 fully saturated rings. The van der Waals surface area contributed by atoms with Crippen LogP contribution in [0, 0.1) is 5.92 Å². The van der Waals surface area contributed by atoms with Gasteiger partial charge in [-0.05, 0) is 37.1 Å². The van der Waals surface area contributed by atoms with E-state index in [2.05, 4.69) is 4.74 Å². The molecule has 0 amide bonds. The zero-order valence-corrected chi connectivity index (χ0v) is 12.3. The minimum atomic E-state index is -1.29. The van der Waals surface area contributed by atoms with E-state index in [1.54, 1.807) is 24.3 Å². The highest BCUT2D eigenvalue weighted by atomic mass is 16.6. The van der Waals surface area contributed by atoms with Crippen LogP contribution in [0.4, 0.5) is 0 Å². The van der Waals surface area contributed by atoms with Gasteiger partial charge >= 0.3 is 11.9 Å². The van der Waals surface area contributed by atoms with E-state index >= 15 is 0 Å². The van der Waals surface area contributed by atoms with Crippen molar-refractivity contribution in [2.75, 3.05) is 7.11 Å². The maximum absolute atomic E-state index is 11.9. The van der Waals surface area contributed by atoms with Crippen LogP contribution < -0.4 is 4.74 Å². The lowest BCUT2D eigenvalue weighted by molar-refractivity contribution is -0.160. The molecule has 1 unspecified atom stereocenters. The first-order valence-corrected chi connectivity index (χ1v) is 6.52. The summed E-state index contributed by atoms with van der Waals surface area (Å²) in [6, 6.07) is 6.39. The van der Waals surface area contributed by atoms with Crippen LogP contribution in [0.3, 0.4) is 0 Å². The topological polar surface area (TPSA) is 86.7 Å². The number of hydrogen-bond donors (Lipinski definition) is 0. The predicted molar refractivity (Wildman–Crippen MR) is 75.9 cm³/mol. The summed E-state index contributed by atoms with van der Waals surface area (Å²) in [5.74, 6) is -3.77. The summed E-state index contributed by atoms with van der Waals surface area (Å²) in [5, 5.41) is 0. The number of ketones is 2. The molecule has 1 aromatic rings. The Bertz CT molecular complexity index is 696. The van der Waals surface area contributed by atoms with Gasteiger partial charge in [0.25, 0.3) is 0 Å². The van der Waals surface area contributed by atoms with E-state index in [-0.39, 0.29) is 11.1 Å². The lowest BCUT2D eigenvalue weighted by Crippen LogP contribution is -2.36. The van der Waals surface area contributed by atoms with E-state index in [0.29, 0.717) is 11.3 Å². The van der Waals surface area contributed by atoms with Crippen molar-refractivity contribution in [2.24, 2.45) is 5.92 Å². The molecule has 1 aliphatic heterocycles. The fraction of sp³-hybridized carbons (Fsp3) is 0.250. The molecule has 0 saturated heterocycles. The molecular weight excluding hydrogens is 288 g/mol. The third-order valence-electron chi connectivity index (χ3n) is 3.35. The van der Waals surface area contributed by atoms with Gasteiger partial charge in [0.05, 0.1) is 7.11 Å². The van der Waals surface area contributed by atoms with Crippen molar-refractivity contribution in [1.29, 1.82) is 0 Å². The number of carbonyl (C=O) groups is 4. The zero-order chi connectivity index (χ0) is 16.4. The molecule has 0 N–H and O–H groups in total. The summed E-state index contributed by atoms with van der Waals surface area (Å²) in [6.45, 7) is 2.40. The average molecular weight is 302 g/mol. The van der Waals surface area contributed by atoms with Gasteiger partial charge in [-0.2, -0.15) is 0 Å². The molecule has 0 bridgehead atoms. The van der Waals surface area contributed by atoms with Crippen molar-refractivity contribution in [3.63, 3.8) is 0 Å². The smallest absolute Gasteiger partial charge is 0.349 e. The first kappa shape index (κ1) is 15.6. The Morgan fingerprint density at radius 3 is 2.14 bits per heavy atom. The standard InChI is InChI=1S/C16H14O6/c1-8(17)12-14(10-4-6-11(21-3)7-5-10)13(9(2)18)16(20)22-15(12)19/h4-7,12H,1-3H3. The maximum atomic E-state index is 11.9. The third kappa shape index (κ3) is 2.67. The molecule has 0 saturated carbocycles. The Hall–Kier alpha value is -2.76. The highest BCUT2D eigenvalue weighted by Crippen LogP contribution is 2.34. The Kier molecular flexibility index (Phi) is 4.21. The van der Waals surface area contributed by atoms with Gasteiger partial charge in [-0.15, -0.1) is 0 Å². The molecule has 6 nitrogen and oxygen atoms in total. The number of ether oxygens (including phenoxy) is 2. The summed E-state index contributed by atoms with van der Waals surface area (Å²) in [5.41, 5.74) is 0.241. The van der Waals surface area contributed by atoms with Crippen LogP contribution >= 0.6 is 0 Å². The Balaban J connectivity index is 2.71. The number of carbonyl (C=O) groups excluding carboxylic acids is 4. The molecule has 1 atom stereocenters. The summed E-state index contributed by atoms with van der Waals surface area (Å²) in [7, 11) is 1.50. The van der Waals surface area contributed by atoms with Gasteiger partial charge in [0.15, 0.2) is 5.78 Å². The minimum Gasteiger partial charge on any atom is -0.497 e. The first-order chi connectivity index (χ1) is 10.4. The Labute approximate surface area is 126 Å². The fourth-order valence-corrected chi connectivity index (χ4v) is 2.36. The number of benzene rings is 1. The van der Waals surface area contributed by atoms with Crippen molar-refractivity contribution in [3.8, 4) is 5.75 Å². The summed E-state index contributed by atoms with van der Waals surface area (Å²) in [4.78, 5) is 47.3. The average Bonchev–Trinajstić information content (AvgIpc) is 2.45. The molecule has 2 rings (SSSR count). The van der Waals surface area contributed by atoms with E-state index in [1.165, 1.54) is 21.0 Å². The highest BCUT2D eigenvalue weighted by Gasteiger charge is 2.41. The zero-order valence-electron chi connectivity index (χ0n) is 12.3. The van der Waals surface area contributed by atoms with Crippen molar-refractivity contribution >= 4 is 29.1 Å². The van der Waals surface area contributed by atoms with Crippen molar-refractivity contribution in [1.82, 2.24) is 0 Å². The summed E-state index contributed by atoms with van der Waals surface area (Å²) < 4.78 is 9.57. The molecule has 114 valence electrons. The SMILES string of the molecule is COc1ccc(C2=C(C(C)=O)C(=O)OC(=O)C2C(C)=O)cc1. The Morgan fingerprint density at radius 2 is 1.68 bits per heavy atom. The number of hydrogen-bond acceptors (Lipinski definition) is 6. The number of rotatable bonds is 4. The molecule has 0 aliphatic carbocycles. The van der Waals surface area contributed by atoms with E-state index < -0.39 is 29.4 Å². The molecule has 1 heterocycles. The number of cyclic esters (lactones) is 2. The monoisotopic (exact) mass is 302 g/mol. The second-order valence-electron chi connectivity index (χ2n) is 4.83.